The summed E-state index contributed by atoms with van der Waals surface area (Å²) < 4.78 is 25.6. The molecule has 338 valence electrons. The Balaban J connectivity index is 1.31. The summed E-state index contributed by atoms with van der Waals surface area (Å²) in [5.74, 6) is -2.95. The molecule has 4 aliphatic heterocycles. The van der Waals surface area contributed by atoms with Crippen LogP contribution in [0.3, 0.4) is 0 Å². The molecule has 0 radical (unpaired) electrons. The molecule has 0 aromatic heterocycles. The number of carbonyl (C=O) groups excluding carboxylic acids is 5. The van der Waals surface area contributed by atoms with Crippen molar-refractivity contribution in [2.45, 2.75) is 179 Å². The standard InChI is InChI=1S/C46H68N4O11/c1-8-10-12-23-45(24-13-11-9-2)59-37-34-27-46(43(56)49-25-15-18-33(49)41(54)47-32(29-51)20-22-36(53)58-44(3,4)5)39(42(55)57-34)50(61-40(46)38(37)60-45)28-31-17-14-16-30(26-31)19-21-35(52)48(6)7/h14,16-17,19,21,26,32-34,37-40,51H,8-13,15,18,20,22-25,27-29H2,1-7H3,(H,47,54)/t32-,33+,34+,37-,38-,39-,40+,46-/m0/s1. The third-order valence-corrected chi connectivity index (χ3v) is 12.6. The average Bonchev–Trinajstić information content (AvgIpc) is 3.94. The molecule has 6 rings (SSSR count). The number of likely N-dealkylation sites (N-methyl/N-ethyl adjacent to an activating group) is 1. The molecule has 1 saturated carbocycles. The number of fused-ring (bicyclic) bond motifs is 4. The van der Waals surface area contributed by atoms with Gasteiger partial charge in [-0.15, -0.1) is 0 Å². The summed E-state index contributed by atoms with van der Waals surface area (Å²) in [6.07, 6.45) is 8.47. The van der Waals surface area contributed by atoms with Gasteiger partial charge in [0.25, 0.3) is 0 Å². The number of unbranched alkanes of at least 4 members (excludes halogenated alkanes) is 4. The van der Waals surface area contributed by atoms with E-state index in [9.17, 15) is 24.3 Å². The first-order valence-electron chi connectivity index (χ1n) is 22.5. The molecule has 15 nitrogen and oxygen atoms in total. The van der Waals surface area contributed by atoms with E-state index in [1.165, 1.54) is 11.0 Å². The molecule has 1 aromatic rings. The minimum atomic E-state index is -1.47. The number of hydrogen-bond donors (Lipinski definition) is 2. The molecule has 3 amide bonds. The van der Waals surface area contributed by atoms with Crippen LogP contribution in [0.2, 0.25) is 0 Å². The van der Waals surface area contributed by atoms with Crippen molar-refractivity contribution in [2.24, 2.45) is 5.41 Å². The van der Waals surface area contributed by atoms with Crippen LogP contribution in [0, 0.1) is 5.41 Å². The Labute approximate surface area is 360 Å². The number of amides is 3. The van der Waals surface area contributed by atoms with Gasteiger partial charge in [0.1, 0.15) is 41.5 Å². The number of likely N-dealkylation sites (tertiary alicyclic amines) is 1. The van der Waals surface area contributed by atoms with Crippen molar-refractivity contribution in [3.05, 3.63) is 41.5 Å². The molecule has 15 heteroatoms. The van der Waals surface area contributed by atoms with Crippen molar-refractivity contribution in [1.82, 2.24) is 20.2 Å². The molecule has 4 saturated heterocycles. The van der Waals surface area contributed by atoms with E-state index in [4.69, 9.17) is 23.8 Å². The Hall–Kier alpha value is -3.89. The van der Waals surface area contributed by atoms with Gasteiger partial charge in [0, 0.05) is 52.4 Å². The lowest BCUT2D eigenvalue weighted by atomic mass is 9.62. The van der Waals surface area contributed by atoms with Crippen LogP contribution in [-0.2, 0) is 54.3 Å². The van der Waals surface area contributed by atoms with Crippen LogP contribution >= 0.6 is 0 Å². The van der Waals surface area contributed by atoms with E-state index in [1.807, 2.05) is 24.3 Å². The lowest BCUT2D eigenvalue weighted by Gasteiger charge is -2.50. The molecule has 61 heavy (non-hydrogen) atoms. The average molecular weight is 853 g/mol. The number of rotatable bonds is 19. The minimum Gasteiger partial charge on any atom is -0.460 e. The van der Waals surface area contributed by atoms with Crippen LogP contribution in [-0.4, -0.2) is 131 Å². The summed E-state index contributed by atoms with van der Waals surface area (Å²) in [4.78, 5) is 78.8. The second-order valence-electron chi connectivity index (χ2n) is 18.7. The third kappa shape index (κ3) is 10.3. The number of aliphatic hydroxyl groups excluding tert-OH is 1. The van der Waals surface area contributed by atoms with E-state index >= 15 is 4.79 Å². The monoisotopic (exact) mass is 852 g/mol. The second-order valence-corrected chi connectivity index (χ2v) is 18.7. The lowest BCUT2D eigenvalue weighted by Crippen LogP contribution is -2.70. The van der Waals surface area contributed by atoms with Gasteiger partial charge in [-0.2, -0.15) is 5.06 Å². The van der Waals surface area contributed by atoms with Crippen LogP contribution in [0.4, 0.5) is 0 Å². The van der Waals surface area contributed by atoms with E-state index in [2.05, 4.69) is 19.2 Å². The van der Waals surface area contributed by atoms with Gasteiger partial charge in [0.2, 0.25) is 17.7 Å². The van der Waals surface area contributed by atoms with Crippen molar-refractivity contribution in [3.8, 4) is 0 Å². The highest BCUT2D eigenvalue weighted by molar-refractivity contribution is 5.97. The van der Waals surface area contributed by atoms with E-state index in [0.29, 0.717) is 25.7 Å². The fraction of sp³-hybridized carbons (Fsp3) is 0.717. The smallest absolute Gasteiger partial charge is 0.327 e. The molecule has 0 unspecified atom stereocenters. The van der Waals surface area contributed by atoms with E-state index in [0.717, 1.165) is 49.7 Å². The number of hydroxylamine groups is 2. The number of hydrogen-bond acceptors (Lipinski definition) is 12. The zero-order valence-corrected chi connectivity index (χ0v) is 37.2. The lowest BCUT2D eigenvalue weighted by molar-refractivity contribution is -0.225. The number of nitrogens with one attached hydrogen (secondary N) is 1. The topological polar surface area (TPSA) is 173 Å². The molecule has 1 aromatic carbocycles. The van der Waals surface area contributed by atoms with Crippen molar-refractivity contribution < 1.29 is 52.9 Å². The van der Waals surface area contributed by atoms with E-state index in [-0.39, 0.29) is 44.2 Å². The van der Waals surface area contributed by atoms with Crippen LogP contribution < -0.4 is 5.32 Å². The van der Waals surface area contributed by atoms with Gasteiger partial charge in [0.15, 0.2) is 11.8 Å². The van der Waals surface area contributed by atoms with Gasteiger partial charge in [-0.25, -0.2) is 0 Å². The quantitative estimate of drug-likeness (QED) is 0.111. The highest BCUT2D eigenvalue weighted by atomic mass is 16.8. The summed E-state index contributed by atoms with van der Waals surface area (Å²) in [6, 6.07) is 4.77. The maximum absolute atomic E-state index is 15.6. The molecule has 0 spiro atoms. The number of carbonyl (C=O) groups is 5. The maximum Gasteiger partial charge on any atom is 0.327 e. The second kappa shape index (κ2) is 19.7. The SMILES string of the molecule is CCCCCC1(CCCCC)O[C@@H]2[C@H](O1)[C@H]1ON(Cc3cccc(C=CC(=O)N(C)C)c3)[C@H]3C(=O)O[C@@H]2C[C@@]13C(=O)N1CCC[C@@H]1C(=O)N[C@H](CO)CCC(=O)OC(C)(C)C. The largest absolute Gasteiger partial charge is 0.460 e. The number of esters is 2. The minimum absolute atomic E-state index is 0.00432. The number of aliphatic hydroxyl groups is 1. The van der Waals surface area contributed by atoms with Gasteiger partial charge in [0.05, 0.1) is 19.2 Å². The fourth-order valence-corrected chi connectivity index (χ4v) is 9.71. The summed E-state index contributed by atoms with van der Waals surface area (Å²) in [7, 11) is 3.36. The zero-order chi connectivity index (χ0) is 44.1. The molecule has 2 N–H and O–H groups in total. The third-order valence-electron chi connectivity index (χ3n) is 12.6. The Morgan fingerprint density at radius 1 is 1.05 bits per heavy atom. The van der Waals surface area contributed by atoms with Crippen LogP contribution in [0.5, 0.6) is 0 Å². The summed E-state index contributed by atoms with van der Waals surface area (Å²) in [6.45, 7) is 9.61. The fourth-order valence-electron chi connectivity index (χ4n) is 9.71. The summed E-state index contributed by atoms with van der Waals surface area (Å²) >= 11 is 0. The molecular formula is C46H68N4O11. The van der Waals surface area contributed by atoms with Gasteiger partial charge >= 0.3 is 11.9 Å². The summed E-state index contributed by atoms with van der Waals surface area (Å²) in [5, 5.41) is 14.6. The zero-order valence-electron chi connectivity index (χ0n) is 37.2. The maximum atomic E-state index is 15.6. The Morgan fingerprint density at radius 3 is 2.41 bits per heavy atom. The molecule has 5 fully saturated rings. The van der Waals surface area contributed by atoms with Crippen molar-refractivity contribution in [1.29, 1.82) is 0 Å². The highest BCUT2D eigenvalue weighted by Gasteiger charge is 2.77. The van der Waals surface area contributed by atoms with Crippen molar-refractivity contribution in [2.75, 3.05) is 27.2 Å². The van der Waals surface area contributed by atoms with Gasteiger partial charge in [-0.05, 0) is 70.1 Å². The first kappa shape index (κ1) is 46.6. The predicted molar refractivity (Wildman–Crippen MR) is 225 cm³/mol. The Bertz CT molecular complexity index is 1770. The Morgan fingerprint density at radius 2 is 1.75 bits per heavy atom. The molecule has 8 atom stereocenters. The first-order valence-corrected chi connectivity index (χ1v) is 22.5. The normalized spacial score (nSPS) is 28.4. The van der Waals surface area contributed by atoms with E-state index < -0.39 is 83.8 Å². The molecule has 5 aliphatic rings. The molecule has 2 bridgehead atoms. The molecule has 4 heterocycles. The van der Waals surface area contributed by atoms with Crippen molar-refractivity contribution in [3.63, 3.8) is 0 Å². The van der Waals surface area contributed by atoms with E-state index in [1.54, 1.807) is 50.9 Å². The van der Waals surface area contributed by atoms with Crippen LogP contribution in [0.15, 0.2) is 30.3 Å². The predicted octanol–water partition coefficient (Wildman–Crippen LogP) is 4.82. The molecule has 1 aliphatic carbocycles. The van der Waals surface area contributed by atoms with Gasteiger partial charge in [-0.1, -0.05) is 63.8 Å². The number of nitrogens with zero attached hydrogens (tertiary/aromatic N) is 3. The highest BCUT2D eigenvalue weighted by Crippen LogP contribution is 2.59. The van der Waals surface area contributed by atoms with Crippen LogP contribution in [0.25, 0.3) is 6.08 Å². The van der Waals surface area contributed by atoms with Gasteiger partial charge < -0.3 is 39.2 Å². The molecular weight excluding hydrogens is 785 g/mol. The van der Waals surface area contributed by atoms with Gasteiger partial charge in [-0.3, -0.25) is 28.8 Å². The van der Waals surface area contributed by atoms with Crippen LogP contribution in [0.1, 0.15) is 129 Å². The number of ether oxygens (including phenoxy) is 4. The first-order chi connectivity index (χ1) is 29.0. The number of benzene rings is 1. The van der Waals surface area contributed by atoms with Crippen molar-refractivity contribution >= 4 is 35.7 Å². The summed E-state index contributed by atoms with van der Waals surface area (Å²) in [5.41, 5.74) is -0.586. The Kier molecular flexibility index (Phi) is 15.0.